The third-order valence-corrected chi connectivity index (χ3v) is 4.38. The van der Waals surface area contributed by atoms with Gasteiger partial charge in [0.05, 0.1) is 0 Å². The Labute approximate surface area is 137 Å². The monoisotopic (exact) mass is 319 g/mol. The predicted molar refractivity (Wildman–Crippen MR) is 87.3 cm³/mol. The Morgan fingerprint density at radius 1 is 1.22 bits per heavy atom. The molecule has 1 saturated carbocycles. The van der Waals surface area contributed by atoms with Crippen LogP contribution in [-0.2, 0) is 14.9 Å². The zero-order chi connectivity index (χ0) is 17.1. The molecule has 1 aliphatic carbocycles. The van der Waals surface area contributed by atoms with Gasteiger partial charge in [-0.25, -0.2) is 4.79 Å². The van der Waals surface area contributed by atoms with Crippen molar-refractivity contribution in [3.63, 3.8) is 0 Å². The Balaban J connectivity index is 2.24. The van der Waals surface area contributed by atoms with Crippen molar-refractivity contribution < 1.29 is 19.4 Å². The average molecular weight is 319 g/mol. The van der Waals surface area contributed by atoms with Gasteiger partial charge in [0, 0.05) is 6.54 Å². The number of carboxylic acid groups (broad SMARTS) is 1. The van der Waals surface area contributed by atoms with Gasteiger partial charge in [0.15, 0.2) is 0 Å². The van der Waals surface area contributed by atoms with E-state index in [-0.39, 0.29) is 12.5 Å². The highest BCUT2D eigenvalue weighted by Gasteiger charge is 2.49. The molecule has 1 fully saturated rings. The molecule has 2 rings (SSSR count). The first-order valence-corrected chi connectivity index (χ1v) is 8.01. The number of carboxylic acids is 1. The van der Waals surface area contributed by atoms with Gasteiger partial charge in [-0.1, -0.05) is 36.8 Å². The quantitative estimate of drug-likeness (QED) is 0.873. The van der Waals surface area contributed by atoms with E-state index in [0.29, 0.717) is 0 Å². The summed E-state index contributed by atoms with van der Waals surface area (Å²) in [5.74, 6) is -0.873. The zero-order valence-electron chi connectivity index (χ0n) is 14.0. The van der Waals surface area contributed by atoms with E-state index < -0.39 is 23.1 Å². The number of hydrogen-bond acceptors (Lipinski definition) is 3. The molecule has 1 unspecified atom stereocenters. The van der Waals surface area contributed by atoms with Crippen LogP contribution >= 0.6 is 0 Å². The van der Waals surface area contributed by atoms with Crippen molar-refractivity contribution in [1.29, 1.82) is 0 Å². The van der Waals surface area contributed by atoms with Gasteiger partial charge in [0.25, 0.3) is 0 Å². The van der Waals surface area contributed by atoms with E-state index in [1.54, 1.807) is 20.8 Å². The molecule has 1 aliphatic rings. The zero-order valence-corrected chi connectivity index (χ0v) is 14.0. The van der Waals surface area contributed by atoms with Crippen LogP contribution in [0.3, 0.4) is 0 Å². The number of carbonyl (C=O) groups excluding carboxylic acids is 1. The molecular weight excluding hydrogens is 294 g/mol. The lowest BCUT2D eigenvalue weighted by Gasteiger charge is -2.42. The Morgan fingerprint density at radius 3 is 2.26 bits per heavy atom. The van der Waals surface area contributed by atoms with Gasteiger partial charge >= 0.3 is 12.1 Å². The van der Waals surface area contributed by atoms with Crippen LogP contribution in [0.1, 0.15) is 45.6 Å². The first-order valence-electron chi connectivity index (χ1n) is 8.01. The van der Waals surface area contributed by atoms with Gasteiger partial charge in [-0.2, -0.15) is 0 Å². The van der Waals surface area contributed by atoms with Gasteiger partial charge in [0.2, 0.25) is 0 Å². The van der Waals surface area contributed by atoms with Gasteiger partial charge < -0.3 is 15.2 Å². The van der Waals surface area contributed by atoms with Gasteiger partial charge in [-0.15, -0.1) is 0 Å². The molecule has 5 heteroatoms. The second-order valence-electron chi connectivity index (χ2n) is 7.13. The molecule has 1 atom stereocenters. The molecule has 1 aromatic carbocycles. The average Bonchev–Trinajstić information content (AvgIpc) is 2.40. The summed E-state index contributed by atoms with van der Waals surface area (Å²) in [6.45, 7) is 5.37. The Morgan fingerprint density at radius 2 is 1.83 bits per heavy atom. The third-order valence-electron chi connectivity index (χ3n) is 4.38. The number of nitrogens with one attached hydrogen (secondary N) is 1. The largest absolute Gasteiger partial charge is 0.481 e. The standard InChI is InChI=1S/C18H25NO4/c1-17(2,3)23-16(22)19-12-18(15(20)21,14-10-7-11-14)13-8-5-4-6-9-13/h4-6,8-9,14H,7,10-12H2,1-3H3,(H,19,22)(H,20,21). The molecule has 0 heterocycles. The molecule has 0 radical (unpaired) electrons. The lowest BCUT2D eigenvalue weighted by Crippen LogP contribution is -2.54. The number of amides is 1. The molecule has 5 nitrogen and oxygen atoms in total. The highest BCUT2D eigenvalue weighted by molar-refractivity contribution is 5.83. The third kappa shape index (κ3) is 3.84. The smallest absolute Gasteiger partial charge is 0.407 e. The number of hydrogen-bond donors (Lipinski definition) is 2. The summed E-state index contributed by atoms with van der Waals surface area (Å²) in [6.07, 6.45) is 2.16. The van der Waals surface area contributed by atoms with Crippen molar-refractivity contribution >= 4 is 12.1 Å². The number of rotatable bonds is 5. The maximum Gasteiger partial charge on any atom is 0.407 e. The Kier molecular flexibility index (Phi) is 4.97. The lowest BCUT2D eigenvalue weighted by molar-refractivity contribution is -0.147. The normalized spacial score (nSPS) is 17.7. The minimum atomic E-state index is -1.10. The van der Waals surface area contributed by atoms with Crippen molar-refractivity contribution in [3.05, 3.63) is 35.9 Å². The molecule has 0 spiro atoms. The van der Waals surface area contributed by atoms with E-state index >= 15 is 0 Å². The molecule has 0 saturated heterocycles. The number of benzene rings is 1. The molecule has 0 aliphatic heterocycles. The minimum Gasteiger partial charge on any atom is -0.481 e. The fourth-order valence-electron chi connectivity index (χ4n) is 3.02. The Hall–Kier alpha value is -2.04. The minimum absolute atomic E-state index is 0.0253. The summed E-state index contributed by atoms with van der Waals surface area (Å²) in [7, 11) is 0. The highest BCUT2D eigenvalue weighted by Crippen LogP contribution is 2.44. The molecule has 0 bridgehead atoms. The fraction of sp³-hybridized carbons (Fsp3) is 0.556. The molecule has 1 amide bonds. The summed E-state index contributed by atoms with van der Waals surface area (Å²) in [5.41, 5.74) is -0.983. The van der Waals surface area contributed by atoms with E-state index in [1.807, 2.05) is 30.3 Å². The van der Waals surface area contributed by atoms with Crippen LogP contribution in [0.5, 0.6) is 0 Å². The SMILES string of the molecule is CC(C)(C)OC(=O)NCC(C(=O)O)(c1ccccc1)C1CCC1. The predicted octanol–water partition coefficient (Wildman–Crippen LogP) is 3.33. The summed E-state index contributed by atoms with van der Waals surface area (Å²) >= 11 is 0. The van der Waals surface area contributed by atoms with E-state index in [0.717, 1.165) is 24.8 Å². The van der Waals surface area contributed by atoms with Gasteiger partial charge in [0.1, 0.15) is 11.0 Å². The van der Waals surface area contributed by atoms with Crippen LogP contribution in [0.2, 0.25) is 0 Å². The molecule has 0 aromatic heterocycles. The summed E-state index contributed by atoms with van der Waals surface area (Å²) in [5, 5.41) is 12.6. The van der Waals surface area contributed by atoms with Crippen LogP contribution in [-0.4, -0.2) is 29.3 Å². The van der Waals surface area contributed by atoms with Crippen molar-refractivity contribution in [1.82, 2.24) is 5.32 Å². The number of ether oxygens (including phenoxy) is 1. The van der Waals surface area contributed by atoms with Crippen LogP contribution in [0, 0.1) is 5.92 Å². The van der Waals surface area contributed by atoms with Crippen molar-refractivity contribution in [2.24, 2.45) is 5.92 Å². The fourth-order valence-corrected chi connectivity index (χ4v) is 3.02. The van der Waals surface area contributed by atoms with E-state index in [4.69, 9.17) is 4.74 Å². The maximum absolute atomic E-state index is 12.2. The van der Waals surface area contributed by atoms with Crippen molar-refractivity contribution in [2.75, 3.05) is 6.54 Å². The van der Waals surface area contributed by atoms with Crippen molar-refractivity contribution in [2.45, 2.75) is 51.0 Å². The van der Waals surface area contributed by atoms with Crippen LogP contribution in [0.4, 0.5) is 4.79 Å². The first-order chi connectivity index (χ1) is 10.8. The topological polar surface area (TPSA) is 75.6 Å². The number of aliphatic carboxylic acids is 1. The van der Waals surface area contributed by atoms with Gasteiger partial charge in [-0.3, -0.25) is 4.79 Å². The van der Waals surface area contributed by atoms with Crippen LogP contribution in [0.25, 0.3) is 0 Å². The lowest BCUT2D eigenvalue weighted by atomic mass is 9.62. The Bertz CT molecular complexity index is 560. The van der Waals surface area contributed by atoms with E-state index in [9.17, 15) is 14.7 Å². The maximum atomic E-state index is 12.2. The molecule has 23 heavy (non-hydrogen) atoms. The molecule has 2 N–H and O–H groups in total. The van der Waals surface area contributed by atoms with Gasteiger partial charge in [-0.05, 0) is 45.1 Å². The molecule has 1 aromatic rings. The molecule has 126 valence electrons. The number of alkyl carbamates (subject to hydrolysis) is 1. The highest BCUT2D eigenvalue weighted by atomic mass is 16.6. The van der Waals surface area contributed by atoms with Crippen LogP contribution in [0.15, 0.2) is 30.3 Å². The van der Waals surface area contributed by atoms with E-state index in [2.05, 4.69) is 5.32 Å². The van der Waals surface area contributed by atoms with E-state index in [1.165, 1.54) is 0 Å². The molecular formula is C18H25NO4. The van der Waals surface area contributed by atoms with Crippen molar-refractivity contribution in [3.8, 4) is 0 Å². The van der Waals surface area contributed by atoms with Crippen LogP contribution < -0.4 is 5.32 Å². The summed E-state index contributed by atoms with van der Waals surface area (Å²) in [6, 6.07) is 9.17. The first kappa shape index (κ1) is 17.3. The number of carbonyl (C=O) groups is 2. The second-order valence-corrected chi connectivity index (χ2v) is 7.13. The summed E-state index contributed by atoms with van der Waals surface area (Å²) in [4.78, 5) is 24.1. The second kappa shape index (κ2) is 6.60. The summed E-state index contributed by atoms with van der Waals surface area (Å²) < 4.78 is 5.24.